The molecule has 0 radical (unpaired) electrons. The van der Waals surface area contributed by atoms with Crippen molar-refractivity contribution in [3.63, 3.8) is 0 Å². The fourth-order valence-corrected chi connectivity index (χ4v) is 1.96. The number of Topliss-reactive ketones (excluding diaryl/α,β-unsaturated/α-hetero) is 1. The first kappa shape index (κ1) is 13.6. The van der Waals surface area contributed by atoms with Crippen LogP contribution in [0.15, 0.2) is 24.3 Å². The summed E-state index contributed by atoms with van der Waals surface area (Å²) in [4.78, 5) is 24.3. The zero-order chi connectivity index (χ0) is 13.8. The van der Waals surface area contributed by atoms with E-state index < -0.39 is 0 Å². The van der Waals surface area contributed by atoms with Gasteiger partial charge in [-0.25, -0.2) is 0 Å². The Morgan fingerprint density at radius 3 is 2.42 bits per heavy atom. The van der Waals surface area contributed by atoms with E-state index in [1.807, 2.05) is 24.3 Å². The van der Waals surface area contributed by atoms with Gasteiger partial charge in [0.1, 0.15) is 5.75 Å². The first-order valence-electron chi connectivity index (χ1n) is 6.56. The van der Waals surface area contributed by atoms with Gasteiger partial charge in [0, 0.05) is 6.54 Å². The fourth-order valence-electron chi connectivity index (χ4n) is 1.96. The Morgan fingerprint density at radius 2 is 1.89 bits per heavy atom. The van der Waals surface area contributed by atoms with E-state index in [-0.39, 0.29) is 24.7 Å². The van der Waals surface area contributed by atoms with Crippen LogP contribution in [-0.2, 0) is 16.1 Å². The number of hydrogen-bond acceptors (Lipinski definition) is 3. The summed E-state index contributed by atoms with van der Waals surface area (Å²) in [6.07, 6.45) is 0.0512. The quantitative estimate of drug-likeness (QED) is 0.762. The number of amides is 1. The summed E-state index contributed by atoms with van der Waals surface area (Å²) in [6.45, 7) is 5.63. The summed E-state index contributed by atoms with van der Waals surface area (Å²) in [7, 11) is 0. The van der Waals surface area contributed by atoms with Crippen molar-refractivity contribution in [1.29, 1.82) is 0 Å². The lowest BCUT2D eigenvalue weighted by Crippen LogP contribution is -2.24. The Kier molecular flexibility index (Phi) is 4.20. The molecular formula is C15H19NO3. The highest BCUT2D eigenvalue weighted by atomic mass is 16.5. The number of likely N-dealkylation sites (tertiary alicyclic amines) is 1. The summed E-state index contributed by atoms with van der Waals surface area (Å²) in [5, 5.41) is 0. The first-order chi connectivity index (χ1) is 9.04. The van der Waals surface area contributed by atoms with Crippen molar-refractivity contribution >= 4 is 11.7 Å². The number of carbonyl (C=O) groups excluding carboxylic acids is 2. The van der Waals surface area contributed by atoms with Gasteiger partial charge >= 0.3 is 0 Å². The maximum absolute atomic E-state index is 11.5. The molecule has 1 heterocycles. The number of ether oxygens (including phenoxy) is 1. The maximum Gasteiger partial charge on any atom is 0.230 e. The van der Waals surface area contributed by atoms with Crippen molar-refractivity contribution in [2.75, 3.05) is 13.2 Å². The highest BCUT2D eigenvalue weighted by molar-refractivity contribution is 6.05. The summed E-state index contributed by atoms with van der Waals surface area (Å²) in [5.74, 6) is 1.25. The second kappa shape index (κ2) is 5.87. The van der Waals surface area contributed by atoms with Crippen molar-refractivity contribution in [3.05, 3.63) is 29.8 Å². The highest BCUT2D eigenvalue weighted by Crippen LogP contribution is 2.16. The summed E-state index contributed by atoms with van der Waals surface area (Å²) in [6, 6.07) is 7.68. The van der Waals surface area contributed by atoms with Crippen LogP contribution in [0, 0.1) is 5.92 Å². The minimum Gasteiger partial charge on any atom is -0.493 e. The van der Waals surface area contributed by atoms with Gasteiger partial charge in [-0.05, 0) is 23.6 Å². The SMILES string of the molecule is CC(C)COc1ccc(CN2CC(=O)CC2=O)cc1. The van der Waals surface area contributed by atoms with Crippen LogP contribution in [0.1, 0.15) is 25.8 Å². The molecule has 102 valence electrons. The molecule has 1 saturated heterocycles. The molecule has 0 unspecified atom stereocenters. The van der Waals surface area contributed by atoms with Crippen LogP contribution < -0.4 is 4.74 Å². The van der Waals surface area contributed by atoms with Crippen LogP contribution in [0.2, 0.25) is 0 Å². The predicted molar refractivity (Wildman–Crippen MR) is 71.8 cm³/mol. The van der Waals surface area contributed by atoms with Crippen LogP contribution in [-0.4, -0.2) is 29.7 Å². The average molecular weight is 261 g/mol. The van der Waals surface area contributed by atoms with Gasteiger partial charge in [0.05, 0.1) is 19.6 Å². The third kappa shape index (κ3) is 3.81. The fraction of sp³-hybridized carbons (Fsp3) is 0.467. The summed E-state index contributed by atoms with van der Waals surface area (Å²) >= 11 is 0. The van der Waals surface area contributed by atoms with Crippen LogP contribution in [0.3, 0.4) is 0 Å². The van der Waals surface area contributed by atoms with Gasteiger partial charge in [-0.15, -0.1) is 0 Å². The lowest BCUT2D eigenvalue weighted by molar-refractivity contribution is -0.128. The predicted octanol–water partition coefficient (Wildman–Crippen LogP) is 2.02. The molecule has 4 nitrogen and oxygen atoms in total. The highest BCUT2D eigenvalue weighted by Gasteiger charge is 2.26. The zero-order valence-corrected chi connectivity index (χ0v) is 11.4. The Bertz CT molecular complexity index is 465. The molecule has 1 aliphatic rings. The number of carbonyl (C=O) groups is 2. The third-order valence-electron chi connectivity index (χ3n) is 2.95. The minimum absolute atomic E-state index is 0.00175. The lowest BCUT2D eigenvalue weighted by atomic mass is 10.2. The zero-order valence-electron chi connectivity index (χ0n) is 11.4. The molecule has 1 aliphatic heterocycles. The van der Waals surface area contributed by atoms with Crippen molar-refractivity contribution in [1.82, 2.24) is 4.90 Å². The van der Waals surface area contributed by atoms with E-state index in [4.69, 9.17) is 4.74 Å². The first-order valence-corrected chi connectivity index (χ1v) is 6.56. The molecule has 0 saturated carbocycles. The molecule has 0 aliphatic carbocycles. The number of nitrogens with zero attached hydrogens (tertiary/aromatic N) is 1. The van der Waals surface area contributed by atoms with Crippen molar-refractivity contribution < 1.29 is 14.3 Å². The van der Waals surface area contributed by atoms with Gasteiger partial charge in [-0.3, -0.25) is 9.59 Å². The lowest BCUT2D eigenvalue weighted by Gasteiger charge is -2.15. The number of hydrogen-bond donors (Lipinski definition) is 0. The van der Waals surface area contributed by atoms with E-state index >= 15 is 0 Å². The smallest absolute Gasteiger partial charge is 0.230 e. The Labute approximate surface area is 113 Å². The van der Waals surface area contributed by atoms with Crippen molar-refractivity contribution in [2.45, 2.75) is 26.8 Å². The molecule has 4 heteroatoms. The van der Waals surface area contributed by atoms with E-state index in [0.29, 0.717) is 19.1 Å². The van der Waals surface area contributed by atoms with Gasteiger partial charge in [-0.2, -0.15) is 0 Å². The molecule has 0 N–H and O–H groups in total. The van der Waals surface area contributed by atoms with Crippen LogP contribution in [0.5, 0.6) is 5.75 Å². The molecule has 0 spiro atoms. The second-order valence-electron chi connectivity index (χ2n) is 5.31. The van der Waals surface area contributed by atoms with Crippen molar-refractivity contribution in [3.8, 4) is 5.75 Å². The third-order valence-corrected chi connectivity index (χ3v) is 2.95. The minimum atomic E-state index is -0.0786. The number of benzene rings is 1. The maximum atomic E-state index is 11.5. The Balaban J connectivity index is 1.91. The molecule has 1 fully saturated rings. The van der Waals surface area contributed by atoms with E-state index in [9.17, 15) is 9.59 Å². The Morgan fingerprint density at radius 1 is 1.21 bits per heavy atom. The molecule has 1 aromatic carbocycles. The van der Waals surface area contributed by atoms with Gasteiger partial charge < -0.3 is 9.64 Å². The van der Waals surface area contributed by atoms with Gasteiger partial charge in [0.2, 0.25) is 5.91 Å². The molecule has 0 aromatic heterocycles. The van der Waals surface area contributed by atoms with Crippen LogP contribution in [0.25, 0.3) is 0 Å². The monoisotopic (exact) mass is 261 g/mol. The van der Waals surface area contributed by atoms with Gasteiger partial charge in [0.25, 0.3) is 0 Å². The van der Waals surface area contributed by atoms with Crippen LogP contribution >= 0.6 is 0 Å². The standard InChI is InChI=1S/C15H19NO3/c1-11(2)10-19-14-5-3-12(4-6-14)8-16-9-13(17)7-15(16)18/h3-6,11H,7-10H2,1-2H3. The van der Waals surface area contributed by atoms with Crippen LogP contribution in [0.4, 0.5) is 0 Å². The largest absolute Gasteiger partial charge is 0.493 e. The Hall–Kier alpha value is -1.84. The van der Waals surface area contributed by atoms with E-state index in [1.165, 1.54) is 0 Å². The van der Waals surface area contributed by atoms with E-state index in [2.05, 4.69) is 13.8 Å². The van der Waals surface area contributed by atoms with Crippen molar-refractivity contribution in [2.24, 2.45) is 5.92 Å². The van der Waals surface area contributed by atoms with Gasteiger partial charge in [0.15, 0.2) is 5.78 Å². The topological polar surface area (TPSA) is 46.6 Å². The summed E-state index contributed by atoms with van der Waals surface area (Å²) < 4.78 is 5.60. The van der Waals surface area contributed by atoms with E-state index in [0.717, 1.165) is 11.3 Å². The average Bonchev–Trinajstić information content (AvgIpc) is 2.67. The summed E-state index contributed by atoms with van der Waals surface area (Å²) in [5.41, 5.74) is 1.01. The molecule has 1 aromatic rings. The second-order valence-corrected chi connectivity index (χ2v) is 5.31. The molecule has 19 heavy (non-hydrogen) atoms. The molecule has 0 atom stereocenters. The molecule has 0 bridgehead atoms. The molecule has 2 rings (SSSR count). The number of rotatable bonds is 5. The van der Waals surface area contributed by atoms with E-state index in [1.54, 1.807) is 4.90 Å². The van der Waals surface area contributed by atoms with Gasteiger partial charge in [-0.1, -0.05) is 26.0 Å². The molecule has 1 amide bonds. The number of ketones is 1. The normalized spacial score (nSPS) is 15.4. The molecular weight excluding hydrogens is 242 g/mol.